The molecule has 0 fully saturated rings. The fourth-order valence-electron chi connectivity index (χ4n) is 2.18. The summed E-state index contributed by atoms with van der Waals surface area (Å²) in [5, 5.41) is 4.19. The zero-order chi connectivity index (χ0) is 22.9. The van der Waals surface area contributed by atoms with E-state index in [1.165, 1.54) is 15.9 Å². The van der Waals surface area contributed by atoms with Crippen molar-refractivity contribution in [2.45, 2.75) is 0 Å². The van der Waals surface area contributed by atoms with Crippen LogP contribution in [0.4, 0.5) is 0 Å². The van der Waals surface area contributed by atoms with Crippen LogP contribution < -0.4 is 15.9 Å². The molecule has 0 spiro atoms. The van der Waals surface area contributed by atoms with Crippen LogP contribution in [0.1, 0.15) is 0 Å². The second-order valence-corrected chi connectivity index (χ2v) is 6.56. The summed E-state index contributed by atoms with van der Waals surface area (Å²) in [6.45, 7) is 22.5. The van der Waals surface area contributed by atoms with Gasteiger partial charge in [0, 0.05) is 42.8 Å². The van der Waals surface area contributed by atoms with Gasteiger partial charge in [-0.2, -0.15) is 0 Å². The first kappa shape index (κ1) is 39.6. The molecule has 0 aliphatic heterocycles. The SMILES string of the molecule is [Au].[C-]#[O+].[C-]#[O+].[C-]#[O+].[C-]#[O+].[C-]#[O+].[Re].c1ccc(P(c2ccccc2)c2ccccc2)cc1. The van der Waals surface area contributed by atoms with Crippen molar-refractivity contribution in [3.63, 3.8) is 0 Å². The van der Waals surface area contributed by atoms with Crippen LogP contribution in [0, 0.1) is 33.3 Å². The molecule has 0 amide bonds. The predicted octanol–water partition coefficient (Wildman–Crippen LogP) is 3.25. The van der Waals surface area contributed by atoms with Gasteiger partial charge in [0.2, 0.25) is 0 Å². The monoisotopic (exact) mass is 786 g/mol. The van der Waals surface area contributed by atoms with Crippen molar-refractivity contribution in [1.29, 1.82) is 0 Å². The van der Waals surface area contributed by atoms with Gasteiger partial charge in [-0.15, -0.1) is 0 Å². The Hall–Kier alpha value is -1.81. The summed E-state index contributed by atoms with van der Waals surface area (Å²) in [6.07, 6.45) is 0. The van der Waals surface area contributed by atoms with Crippen molar-refractivity contribution in [3.8, 4) is 0 Å². The van der Waals surface area contributed by atoms with E-state index in [4.69, 9.17) is 23.3 Å². The maximum Gasteiger partial charge on any atom is 0 e. The first-order valence-electron chi connectivity index (χ1n) is 7.42. The summed E-state index contributed by atoms with van der Waals surface area (Å²) >= 11 is 0. The Labute approximate surface area is 213 Å². The van der Waals surface area contributed by atoms with Gasteiger partial charge in [0.15, 0.2) is 0 Å². The Bertz CT molecular complexity index is 722. The van der Waals surface area contributed by atoms with Crippen LogP contribution in [0.2, 0.25) is 0 Å². The normalized spacial score (nSPS) is 6.81. The molecular formula is C23H15AuO5PRe. The van der Waals surface area contributed by atoms with Gasteiger partial charge in [-0.3, -0.25) is 0 Å². The molecule has 0 heterocycles. The van der Waals surface area contributed by atoms with Gasteiger partial charge < -0.3 is 0 Å². The van der Waals surface area contributed by atoms with Crippen LogP contribution in [0.3, 0.4) is 0 Å². The van der Waals surface area contributed by atoms with Crippen molar-refractivity contribution in [2.24, 2.45) is 0 Å². The summed E-state index contributed by atoms with van der Waals surface area (Å²) in [4.78, 5) is 0. The maximum absolute atomic E-state index is 7.50. The quantitative estimate of drug-likeness (QED) is 0.169. The van der Waals surface area contributed by atoms with Gasteiger partial charge >= 0.3 is 56.5 Å². The molecule has 0 aliphatic carbocycles. The molecule has 0 aromatic heterocycles. The fourth-order valence-corrected chi connectivity index (χ4v) is 4.48. The molecule has 31 heavy (non-hydrogen) atoms. The van der Waals surface area contributed by atoms with Crippen molar-refractivity contribution in [1.82, 2.24) is 0 Å². The van der Waals surface area contributed by atoms with E-state index >= 15 is 0 Å². The van der Waals surface area contributed by atoms with Gasteiger partial charge in [-0.05, 0) is 23.8 Å². The third-order valence-electron chi connectivity index (χ3n) is 3.04. The standard InChI is InChI=1S/C18H15P.5CO.Au.Re/c1-4-10-16(11-5-1)19(17-12-6-2-7-13-17)18-14-8-3-9-15-18;5*1-2;;/h1-15H;;;;;;;. The van der Waals surface area contributed by atoms with E-state index in [1.54, 1.807) is 0 Å². The molecule has 8 heteroatoms. The maximum atomic E-state index is 7.50. The van der Waals surface area contributed by atoms with Crippen LogP contribution in [0.25, 0.3) is 0 Å². The van der Waals surface area contributed by atoms with Gasteiger partial charge in [-0.25, -0.2) is 0 Å². The molecule has 0 atom stereocenters. The van der Waals surface area contributed by atoms with E-state index in [0.717, 1.165) is 0 Å². The van der Waals surface area contributed by atoms with E-state index in [9.17, 15) is 0 Å². The Morgan fingerprint density at radius 1 is 0.387 bits per heavy atom. The van der Waals surface area contributed by atoms with Gasteiger partial charge in [0.05, 0.1) is 0 Å². The van der Waals surface area contributed by atoms with E-state index in [1.807, 2.05) is 0 Å². The Morgan fingerprint density at radius 2 is 0.548 bits per heavy atom. The summed E-state index contributed by atoms with van der Waals surface area (Å²) in [6, 6.07) is 32.3. The van der Waals surface area contributed by atoms with Crippen LogP contribution in [0.15, 0.2) is 91.0 Å². The molecular weight excluding hydrogens is 770 g/mol. The smallest absolute Gasteiger partial charge is 0 e. The third-order valence-corrected chi connectivity index (χ3v) is 5.49. The van der Waals surface area contributed by atoms with Gasteiger partial charge in [0.1, 0.15) is 0 Å². The van der Waals surface area contributed by atoms with Crippen molar-refractivity contribution in [3.05, 3.63) is 124 Å². The van der Waals surface area contributed by atoms with Crippen molar-refractivity contribution < 1.29 is 66.1 Å². The molecule has 0 saturated carbocycles. The molecule has 5 nitrogen and oxygen atoms in total. The molecule has 3 aromatic rings. The summed E-state index contributed by atoms with van der Waals surface area (Å²) in [5.74, 6) is 0. The number of rotatable bonds is 3. The van der Waals surface area contributed by atoms with Gasteiger partial charge in [0.25, 0.3) is 0 Å². The second-order valence-electron chi connectivity index (χ2n) is 4.34. The first-order chi connectivity index (χ1) is 14.4. The third kappa shape index (κ3) is 16.5. The minimum Gasteiger partial charge on any atom is -0.0622 e. The van der Waals surface area contributed by atoms with Crippen molar-refractivity contribution >= 4 is 23.8 Å². The topological polar surface area (TPSA) is 99.5 Å². The van der Waals surface area contributed by atoms with E-state index in [-0.39, 0.29) is 42.8 Å². The van der Waals surface area contributed by atoms with E-state index < -0.39 is 7.92 Å². The summed E-state index contributed by atoms with van der Waals surface area (Å²) in [7, 11) is -0.446. The van der Waals surface area contributed by atoms with E-state index in [0.29, 0.717) is 0 Å². The molecule has 3 aromatic carbocycles. The van der Waals surface area contributed by atoms with Crippen LogP contribution >= 0.6 is 7.92 Å². The van der Waals surface area contributed by atoms with Crippen molar-refractivity contribution in [2.75, 3.05) is 0 Å². The minimum absolute atomic E-state index is 0. The van der Waals surface area contributed by atoms with Gasteiger partial charge in [-0.1, -0.05) is 91.0 Å². The van der Waals surface area contributed by atoms with Crippen LogP contribution in [0.5, 0.6) is 0 Å². The Morgan fingerprint density at radius 3 is 0.710 bits per heavy atom. The zero-order valence-corrected chi connectivity index (χ0v) is 21.6. The molecule has 160 valence electrons. The number of hydrogen-bond donors (Lipinski definition) is 0. The predicted molar refractivity (Wildman–Crippen MR) is 105 cm³/mol. The average molecular weight is 786 g/mol. The Kier molecular flexibility index (Phi) is 42.0. The van der Waals surface area contributed by atoms with E-state index in [2.05, 4.69) is 124 Å². The minimum atomic E-state index is -0.446. The molecule has 0 saturated heterocycles. The molecule has 2 radical (unpaired) electrons. The second kappa shape index (κ2) is 32.8. The molecule has 0 unspecified atom stereocenters. The average Bonchev–Trinajstić information content (AvgIpc) is 2.88. The molecule has 0 bridgehead atoms. The van der Waals surface area contributed by atoms with Crippen LogP contribution in [-0.4, -0.2) is 0 Å². The zero-order valence-electron chi connectivity index (χ0n) is 15.8. The Balaban J connectivity index is -0.000000167. The molecule has 0 N–H and O–H groups in total. The number of hydrogen-bond acceptors (Lipinski definition) is 0. The largest absolute Gasteiger partial charge is 0.0622 e. The summed E-state index contributed by atoms with van der Waals surface area (Å²) < 4.78 is 37.5. The molecule has 3 rings (SSSR count). The number of benzene rings is 3. The fraction of sp³-hybridized carbons (Fsp3) is 0. The molecule has 0 aliphatic rings. The first-order valence-corrected chi connectivity index (χ1v) is 8.77. The van der Waals surface area contributed by atoms with Crippen LogP contribution in [-0.2, 0) is 66.1 Å². The summed E-state index contributed by atoms with van der Waals surface area (Å²) in [5.41, 5.74) is 0.